The van der Waals surface area contributed by atoms with Gasteiger partial charge in [-0.25, -0.2) is 4.79 Å². The predicted octanol–water partition coefficient (Wildman–Crippen LogP) is 3.87. The molecule has 0 heterocycles. The van der Waals surface area contributed by atoms with Crippen molar-refractivity contribution in [1.82, 2.24) is 0 Å². The lowest BCUT2D eigenvalue weighted by Crippen LogP contribution is -2.34. The summed E-state index contributed by atoms with van der Waals surface area (Å²) in [5.74, 6) is 0. The van der Waals surface area contributed by atoms with Crippen LogP contribution in [0, 0.1) is 6.92 Å². The minimum Gasteiger partial charge on any atom is -0.307 e. The van der Waals surface area contributed by atoms with Crippen molar-refractivity contribution >= 4 is 23.7 Å². The maximum absolute atomic E-state index is 12.4. The van der Waals surface area contributed by atoms with E-state index in [1.165, 1.54) is 0 Å². The number of anilines is 2. The normalized spacial score (nSPS) is 10.0. The van der Waals surface area contributed by atoms with Crippen LogP contribution in [0.25, 0.3) is 0 Å². The number of nitrogens with zero attached hydrogens (tertiary/aromatic N) is 1. The van der Waals surface area contributed by atoms with Crippen LogP contribution in [0.3, 0.4) is 0 Å². The van der Waals surface area contributed by atoms with Crippen molar-refractivity contribution in [2.75, 3.05) is 16.8 Å². The van der Waals surface area contributed by atoms with Gasteiger partial charge >= 0.3 is 6.03 Å². The van der Waals surface area contributed by atoms with Crippen LogP contribution in [0.4, 0.5) is 16.2 Å². The Balaban J connectivity index is 2.23. The van der Waals surface area contributed by atoms with Crippen molar-refractivity contribution < 1.29 is 9.59 Å². The summed E-state index contributed by atoms with van der Waals surface area (Å²) in [6.07, 6.45) is 0.791. The predicted molar refractivity (Wildman–Crippen MR) is 85.0 cm³/mol. The van der Waals surface area contributed by atoms with Gasteiger partial charge in [0.25, 0.3) is 0 Å². The van der Waals surface area contributed by atoms with E-state index < -0.39 is 0 Å². The molecular formula is C17H18N2O2. The molecule has 4 nitrogen and oxygen atoms in total. The van der Waals surface area contributed by atoms with Gasteiger partial charge in [-0.3, -0.25) is 9.69 Å². The summed E-state index contributed by atoms with van der Waals surface area (Å²) >= 11 is 0. The van der Waals surface area contributed by atoms with Crippen LogP contribution >= 0.6 is 0 Å². The maximum Gasteiger partial charge on any atom is 0.326 e. The highest BCUT2D eigenvalue weighted by atomic mass is 16.2. The third kappa shape index (κ3) is 3.28. The van der Waals surface area contributed by atoms with Gasteiger partial charge in [-0.2, -0.15) is 0 Å². The fourth-order valence-electron chi connectivity index (χ4n) is 2.15. The molecule has 0 unspecified atom stereocenters. The van der Waals surface area contributed by atoms with Crippen LogP contribution in [-0.2, 0) is 0 Å². The van der Waals surface area contributed by atoms with Crippen molar-refractivity contribution in [3.05, 3.63) is 59.7 Å². The van der Waals surface area contributed by atoms with Gasteiger partial charge in [0, 0.05) is 23.5 Å². The number of urea groups is 1. The fourth-order valence-corrected chi connectivity index (χ4v) is 2.15. The topological polar surface area (TPSA) is 49.4 Å². The Morgan fingerprint density at radius 1 is 1.14 bits per heavy atom. The molecule has 0 atom stereocenters. The quantitative estimate of drug-likeness (QED) is 0.865. The van der Waals surface area contributed by atoms with E-state index in [1.54, 1.807) is 23.1 Å². The molecule has 2 aromatic rings. The van der Waals surface area contributed by atoms with E-state index >= 15 is 0 Å². The third-order valence-electron chi connectivity index (χ3n) is 3.37. The highest BCUT2D eigenvalue weighted by molar-refractivity contribution is 6.02. The molecule has 0 aliphatic rings. The Hall–Kier alpha value is -2.62. The molecule has 0 fully saturated rings. The summed E-state index contributed by atoms with van der Waals surface area (Å²) < 4.78 is 0. The molecule has 0 aliphatic heterocycles. The van der Waals surface area contributed by atoms with Gasteiger partial charge in [-0.15, -0.1) is 0 Å². The molecule has 0 saturated heterocycles. The lowest BCUT2D eigenvalue weighted by molar-refractivity contribution is 0.112. The van der Waals surface area contributed by atoms with Crippen LogP contribution in [0.15, 0.2) is 48.5 Å². The van der Waals surface area contributed by atoms with E-state index in [-0.39, 0.29) is 6.03 Å². The molecule has 0 aliphatic carbocycles. The molecule has 0 bridgehead atoms. The zero-order valence-electron chi connectivity index (χ0n) is 12.2. The average Bonchev–Trinajstić information content (AvgIpc) is 2.51. The van der Waals surface area contributed by atoms with Gasteiger partial charge in [0.15, 0.2) is 0 Å². The number of hydrogen-bond acceptors (Lipinski definition) is 2. The zero-order valence-corrected chi connectivity index (χ0v) is 12.2. The van der Waals surface area contributed by atoms with Gasteiger partial charge in [0.1, 0.15) is 6.29 Å². The molecule has 2 rings (SSSR count). The Kier molecular flexibility index (Phi) is 4.72. The van der Waals surface area contributed by atoms with Gasteiger partial charge in [-0.05, 0) is 37.6 Å². The van der Waals surface area contributed by atoms with Gasteiger partial charge < -0.3 is 5.32 Å². The summed E-state index contributed by atoms with van der Waals surface area (Å²) in [6, 6.07) is 14.5. The first-order chi connectivity index (χ1) is 10.2. The highest BCUT2D eigenvalue weighted by Gasteiger charge is 2.15. The summed E-state index contributed by atoms with van der Waals surface area (Å²) in [5, 5.41) is 2.86. The number of aldehydes is 1. The Bertz CT molecular complexity index is 638. The SMILES string of the molecule is CCN(C(=O)Nc1cccc(C=O)c1C)c1ccccc1. The van der Waals surface area contributed by atoms with Crippen molar-refractivity contribution in [2.45, 2.75) is 13.8 Å². The van der Waals surface area contributed by atoms with Gasteiger partial charge in [0.2, 0.25) is 0 Å². The average molecular weight is 282 g/mol. The van der Waals surface area contributed by atoms with Gasteiger partial charge in [-0.1, -0.05) is 30.3 Å². The van der Waals surface area contributed by atoms with E-state index in [4.69, 9.17) is 0 Å². The Morgan fingerprint density at radius 2 is 1.86 bits per heavy atom. The Labute approximate surface area is 124 Å². The summed E-state index contributed by atoms with van der Waals surface area (Å²) in [6.45, 7) is 4.29. The van der Waals surface area contributed by atoms with Crippen LogP contribution < -0.4 is 10.2 Å². The second-order valence-electron chi connectivity index (χ2n) is 4.65. The molecular weight excluding hydrogens is 264 g/mol. The number of hydrogen-bond donors (Lipinski definition) is 1. The molecule has 1 N–H and O–H groups in total. The molecule has 2 amide bonds. The monoisotopic (exact) mass is 282 g/mol. The van der Waals surface area contributed by atoms with E-state index in [1.807, 2.05) is 44.2 Å². The summed E-state index contributed by atoms with van der Waals surface area (Å²) in [5.41, 5.74) is 2.83. The van der Waals surface area contributed by atoms with Crippen molar-refractivity contribution in [1.29, 1.82) is 0 Å². The van der Waals surface area contributed by atoms with Gasteiger partial charge in [0.05, 0.1) is 0 Å². The minimum atomic E-state index is -0.213. The Morgan fingerprint density at radius 3 is 2.48 bits per heavy atom. The molecule has 2 aromatic carbocycles. The third-order valence-corrected chi connectivity index (χ3v) is 3.37. The molecule has 0 radical (unpaired) electrons. The molecule has 0 spiro atoms. The first-order valence-electron chi connectivity index (χ1n) is 6.85. The number of amides is 2. The maximum atomic E-state index is 12.4. The summed E-state index contributed by atoms with van der Waals surface area (Å²) in [7, 11) is 0. The van der Waals surface area contributed by atoms with Crippen LogP contribution in [0.1, 0.15) is 22.8 Å². The molecule has 4 heteroatoms. The van der Waals surface area contributed by atoms with E-state index in [0.717, 1.165) is 17.5 Å². The van der Waals surface area contributed by atoms with Crippen LogP contribution in [-0.4, -0.2) is 18.9 Å². The number of nitrogens with one attached hydrogen (secondary N) is 1. The fraction of sp³-hybridized carbons (Fsp3) is 0.176. The first-order valence-corrected chi connectivity index (χ1v) is 6.85. The van der Waals surface area contributed by atoms with Crippen molar-refractivity contribution in [2.24, 2.45) is 0 Å². The zero-order chi connectivity index (χ0) is 15.2. The number of para-hydroxylation sites is 1. The van der Waals surface area contributed by atoms with Crippen LogP contribution in [0.5, 0.6) is 0 Å². The second kappa shape index (κ2) is 6.70. The highest BCUT2D eigenvalue weighted by Crippen LogP contribution is 2.20. The molecule has 21 heavy (non-hydrogen) atoms. The molecule has 0 aromatic heterocycles. The van der Waals surface area contributed by atoms with Crippen molar-refractivity contribution in [3.63, 3.8) is 0 Å². The summed E-state index contributed by atoms with van der Waals surface area (Å²) in [4.78, 5) is 25.0. The number of carbonyl (C=O) groups is 2. The molecule has 108 valence electrons. The lowest BCUT2D eigenvalue weighted by Gasteiger charge is -2.22. The largest absolute Gasteiger partial charge is 0.326 e. The van der Waals surface area contributed by atoms with E-state index in [9.17, 15) is 9.59 Å². The number of carbonyl (C=O) groups excluding carboxylic acids is 2. The standard InChI is InChI=1S/C17H18N2O2/c1-3-19(15-9-5-4-6-10-15)17(21)18-16-11-7-8-14(12-20)13(16)2/h4-12H,3H2,1-2H3,(H,18,21). The molecule has 0 saturated carbocycles. The van der Waals surface area contributed by atoms with E-state index in [0.29, 0.717) is 17.8 Å². The smallest absolute Gasteiger partial charge is 0.307 e. The first kappa shape index (κ1) is 14.8. The second-order valence-corrected chi connectivity index (χ2v) is 4.65. The van der Waals surface area contributed by atoms with E-state index in [2.05, 4.69) is 5.32 Å². The number of benzene rings is 2. The minimum absolute atomic E-state index is 0.213. The van der Waals surface area contributed by atoms with Crippen molar-refractivity contribution in [3.8, 4) is 0 Å². The number of rotatable bonds is 4. The lowest BCUT2D eigenvalue weighted by atomic mass is 10.1. The van der Waals surface area contributed by atoms with Crippen LogP contribution in [0.2, 0.25) is 0 Å².